The quantitative estimate of drug-likeness (QED) is 0.882. The van der Waals surface area contributed by atoms with Crippen molar-refractivity contribution in [2.75, 3.05) is 18.4 Å². The van der Waals surface area contributed by atoms with Crippen molar-refractivity contribution in [1.82, 2.24) is 4.90 Å². The molecule has 1 saturated heterocycles. The van der Waals surface area contributed by atoms with Crippen LogP contribution in [0.1, 0.15) is 40.5 Å². The molecule has 0 saturated carbocycles. The van der Waals surface area contributed by atoms with Crippen LogP contribution < -0.4 is 5.32 Å². The number of carbonyl (C=O) groups excluding carboxylic acids is 2. The number of carbonyl (C=O) groups is 2. The number of anilines is 1. The van der Waals surface area contributed by atoms with Crippen LogP contribution in [0.25, 0.3) is 0 Å². The minimum atomic E-state index is -0.229. The summed E-state index contributed by atoms with van der Waals surface area (Å²) in [4.78, 5) is 26.8. The minimum absolute atomic E-state index is 0.0227. The number of hydrogen-bond acceptors (Lipinski definition) is 2. The molecule has 4 nitrogen and oxygen atoms in total. The highest BCUT2D eigenvalue weighted by Gasteiger charge is 2.21. The molecule has 5 heteroatoms. The second-order valence-corrected chi connectivity index (χ2v) is 6.95. The van der Waals surface area contributed by atoms with E-state index in [-0.39, 0.29) is 11.8 Å². The number of hydrogen-bond donors (Lipinski definition) is 1. The number of amides is 2. The van der Waals surface area contributed by atoms with Crippen LogP contribution in [0, 0.1) is 5.92 Å². The van der Waals surface area contributed by atoms with Crippen LogP contribution in [0.2, 0.25) is 5.02 Å². The van der Waals surface area contributed by atoms with Gasteiger partial charge in [-0.15, -0.1) is 0 Å². The lowest BCUT2D eigenvalue weighted by molar-refractivity contribution is 0.0697. The molecule has 0 aromatic heterocycles. The molecule has 2 aromatic rings. The van der Waals surface area contributed by atoms with Crippen molar-refractivity contribution in [3.05, 3.63) is 64.7 Å². The Bertz CT molecular complexity index is 766. The van der Waals surface area contributed by atoms with Crippen LogP contribution in [0.4, 0.5) is 5.69 Å². The van der Waals surface area contributed by atoms with Gasteiger partial charge in [-0.2, -0.15) is 0 Å². The first kappa shape index (κ1) is 17.5. The molecule has 0 bridgehead atoms. The van der Waals surface area contributed by atoms with Crippen LogP contribution in [0.5, 0.6) is 0 Å². The first-order valence-corrected chi connectivity index (χ1v) is 8.87. The summed E-state index contributed by atoms with van der Waals surface area (Å²) < 4.78 is 0. The van der Waals surface area contributed by atoms with E-state index in [1.165, 1.54) is 0 Å². The Labute approximate surface area is 152 Å². The molecular weight excluding hydrogens is 336 g/mol. The molecule has 0 spiro atoms. The smallest absolute Gasteiger partial charge is 0.255 e. The van der Waals surface area contributed by atoms with Gasteiger partial charge in [0, 0.05) is 34.9 Å². The summed E-state index contributed by atoms with van der Waals surface area (Å²) in [7, 11) is 0. The number of halogens is 1. The Morgan fingerprint density at radius 3 is 2.40 bits per heavy atom. The third kappa shape index (κ3) is 4.40. The average Bonchev–Trinajstić information content (AvgIpc) is 2.62. The Kier molecular flexibility index (Phi) is 5.39. The lowest BCUT2D eigenvalue weighted by atomic mass is 9.98. The normalized spacial score (nSPS) is 15.0. The standard InChI is InChI=1S/C20H21ClN2O2/c1-14-9-11-23(12-10-14)20(25)16-3-2-4-18(13-16)22-19(24)15-5-7-17(21)8-6-15/h2-8,13-14H,9-12H2,1H3,(H,22,24). The van der Waals surface area contributed by atoms with Gasteiger partial charge in [0.05, 0.1) is 0 Å². The summed E-state index contributed by atoms with van der Waals surface area (Å²) >= 11 is 5.84. The number of likely N-dealkylation sites (tertiary alicyclic amines) is 1. The summed E-state index contributed by atoms with van der Waals surface area (Å²) in [5.41, 5.74) is 1.73. The molecule has 0 radical (unpaired) electrons. The molecule has 0 unspecified atom stereocenters. The predicted molar refractivity (Wildman–Crippen MR) is 100 cm³/mol. The lowest BCUT2D eigenvalue weighted by Crippen LogP contribution is -2.37. The summed E-state index contributed by atoms with van der Waals surface area (Å²) in [5, 5.41) is 3.41. The SMILES string of the molecule is CC1CCN(C(=O)c2cccc(NC(=O)c3ccc(Cl)cc3)c2)CC1. The van der Waals surface area contributed by atoms with Gasteiger partial charge in [-0.1, -0.05) is 24.6 Å². The van der Waals surface area contributed by atoms with Crippen LogP contribution in [-0.4, -0.2) is 29.8 Å². The maximum Gasteiger partial charge on any atom is 0.255 e. The molecular formula is C20H21ClN2O2. The molecule has 1 N–H and O–H groups in total. The van der Waals surface area contributed by atoms with E-state index < -0.39 is 0 Å². The second kappa shape index (κ2) is 7.70. The van der Waals surface area contributed by atoms with E-state index in [2.05, 4.69) is 12.2 Å². The first-order chi connectivity index (χ1) is 12.0. The van der Waals surface area contributed by atoms with Gasteiger partial charge in [-0.05, 0) is 61.2 Å². The van der Waals surface area contributed by atoms with Gasteiger partial charge in [0.15, 0.2) is 0 Å². The van der Waals surface area contributed by atoms with E-state index in [1.807, 2.05) is 4.90 Å². The summed E-state index contributed by atoms with van der Waals surface area (Å²) in [5.74, 6) is 0.469. The molecule has 0 aliphatic carbocycles. The summed E-state index contributed by atoms with van der Waals surface area (Å²) in [6.07, 6.45) is 2.08. The summed E-state index contributed by atoms with van der Waals surface area (Å²) in [6.45, 7) is 3.80. The molecule has 3 rings (SSSR count). The highest BCUT2D eigenvalue weighted by atomic mass is 35.5. The molecule has 25 heavy (non-hydrogen) atoms. The van der Waals surface area contributed by atoms with Gasteiger partial charge in [-0.25, -0.2) is 0 Å². The van der Waals surface area contributed by atoms with E-state index in [0.29, 0.717) is 27.8 Å². The number of benzene rings is 2. The third-order valence-corrected chi connectivity index (χ3v) is 4.80. The fourth-order valence-corrected chi connectivity index (χ4v) is 3.05. The molecule has 1 heterocycles. The third-order valence-electron chi connectivity index (χ3n) is 4.54. The van der Waals surface area contributed by atoms with Crippen molar-refractivity contribution in [1.29, 1.82) is 0 Å². The monoisotopic (exact) mass is 356 g/mol. The zero-order valence-electron chi connectivity index (χ0n) is 14.2. The first-order valence-electron chi connectivity index (χ1n) is 8.49. The number of piperidine rings is 1. The van der Waals surface area contributed by atoms with Crippen LogP contribution >= 0.6 is 11.6 Å². The van der Waals surface area contributed by atoms with Crippen molar-refractivity contribution >= 4 is 29.1 Å². The highest BCUT2D eigenvalue weighted by Crippen LogP contribution is 2.20. The maximum atomic E-state index is 12.7. The zero-order chi connectivity index (χ0) is 17.8. The van der Waals surface area contributed by atoms with E-state index in [4.69, 9.17) is 11.6 Å². The largest absolute Gasteiger partial charge is 0.339 e. The Morgan fingerprint density at radius 1 is 1.04 bits per heavy atom. The number of rotatable bonds is 3. The average molecular weight is 357 g/mol. The van der Waals surface area contributed by atoms with Gasteiger partial charge in [0.2, 0.25) is 0 Å². The van der Waals surface area contributed by atoms with Crippen molar-refractivity contribution in [2.24, 2.45) is 5.92 Å². The van der Waals surface area contributed by atoms with Gasteiger partial charge in [0.1, 0.15) is 0 Å². The topological polar surface area (TPSA) is 49.4 Å². The second-order valence-electron chi connectivity index (χ2n) is 6.52. The van der Waals surface area contributed by atoms with E-state index in [9.17, 15) is 9.59 Å². The minimum Gasteiger partial charge on any atom is -0.339 e. The molecule has 0 atom stereocenters. The van der Waals surface area contributed by atoms with Crippen molar-refractivity contribution in [3.63, 3.8) is 0 Å². The van der Waals surface area contributed by atoms with Crippen molar-refractivity contribution in [2.45, 2.75) is 19.8 Å². The van der Waals surface area contributed by atoms with Crippen LogP contribution in [-0.2, 0) is 0 Å². The van der Waals surface area contributed by atoms with E-state index >= 15 is 0 Å². The molecule has 2 amide bonds. The lowest BCUT2D eigenvalue weighted by Gasteiger charge is -2.30. The van der Waals surface area contributed by atoms with Crippen LogP contribution in [0.15, 0.2) is 48.5 Å². The van der Waals surface area contributed by atoms with E-state index in [0.717, 1.165) is 25.9 Å². The zero-order valence-corrected chi connectivity index (χ0v) is 14.9. The Hall–Kier alpha value is -2.33. The molecule has 1 fully saturated rings. The van der Waals surface area contributed by atoms with Crippen molar-refractivity contribution in [3.8, 4) is 0 Å². The fraction of sp³-hybridized carbons (Fsp3) is 0.300. The molecule has 2 aromatic carbocycles. The maximum absolute atomic E-state index is 12.7. The molecule has 1 aliphatic rings. The Balaban J connectivity index is 1.69. The van der Waals surface area contributed by atoms with Gasteiger partial charge in [-0.3, -0.25) is 9.59 Å². The van der Waals surface area contributed by atoms with Gasteiger partial charge < -0.3 is 10.2 Å². The Morgan fingerprint density at radius 2 is 1.72 bits per heavy atom. The van der Waals surface area contributed by atoms with Gasteiger partial charge >= 0.3 is 0 Å². The summed E-state index contributed by atoms with van der Waals surface area (Å²) in [6, 6.07) is 13.8. The van der Waals surface area contributed by atoms with Crippen molar-refractivity contribution < 1.29 is 9.59 Å². The number of nitrogens with one attached hydrogen (secondary N) is 1. The van der Waals surface area contributed by atoms with Crippen LogP contribution in [0.3, 0.4) is 0 Å². The molecule has 130 valence electrons. The predicted octanol–water partition coefficient (Wildman–Crippen LogP) is 4.46. The van der Waals surface area contributed by atoms with E-state index in [1.54, 1.807) is 48.5 Å². The highest BCUT2D eigenvalue weighted by molar-refractivity contribution is 6.30. The molecule has 1 aliphatic heterocycles. The van der Waals surface area contributed by atoms with Gasteiger partial charge in [0.25, 0.3) is 11.8 Å². The fourth-order valence-electron chi connectivity index (χ4n) is 2.93. The number of nitrogens with zero attached hydrogens (tertiary/aromatic N) is 1.